The molecule has 0 heterocycles. The second kappa shape index (κ2) is 6.25. The van der Waals surface area contributed by atoms with Crippen molar-refractivity contribution in [1.82, 2.24) is 10.6 Å². The molecule has 0 unspecified atom stereocenters. The maximum absolute atomic E-state index is 11.7. The number of methoxy groups -OCH3 is 1. The predicted molar refractivity (Wildman–Crippen MR) is 68.1 cm³/mol. The molecule has 4 heteroatoms. The van der Waals surface area contributed by atoms with Gasteiger partial charge in [-0.05, 0) is 38.6 Å². The predicted octanol–water partition coefficient (Wildman–Crippen LogP) is 1.48. The highest BCUT2D eigenvalue weighted by molar-refractivity contribution is 5.81. The third-order valence-electron chi connectivity index (χ3n) is 2.80. The Morgan fingerprint density at radius 1 is 1.24 bits per heavy atom. The zero-order chi connectivity index (χ0) is 12.8. The standard InChI is InChI=1S/C13H20N2O2/c1-9(15-13(16)10(2)14-3)11-5-7-12(17-4)8-6-11/h5-10,14H,1-4H3,(H,15,16)/t9-,10+/m1/s1. The van der Waals surface area contributed by atoms with Crippen LogP contribution in [0.25, 0.3) is 0 Å². The summed E-state index contributed by atoms with van der Waals surface area (Å²) in [6.07, 6.45) is 0. The van der Waals surface area contributed by atoms with E-state index in [1.807, 2.05) is 38.1 Å². The number of hydrogen-bond donors (Lipinski definition) is 2. The first-order valence-corrected chi connectivity index (χ1v) is 5.70. The maximum Gasteiger partial charge on any atom is 0.237 e. The summed E-state index contributed by atoms with van der Waals surface area (Å²) < 4.78 is 5.09. The molecule has 0 fully saturated rings. The molecular formula is C13H20N2O2. The number of hydrogen-bond acceptors (Lipinski definition) is 3. The molecule has 1 rings (SSSR count). The van der Waals surface area contributed by atoms with E-state index in [0.717, 1.165) is 11.3 Å². The van der Waals surface area contributed by atoms with Crippen LogP contribution in [0.15, 0.2) is 24.3 Å². The Morgan fingerprint density at radius 2 is 1.82 bits per heavy atom. The van der Waals surface area contributed by atoms with E-state index in [9.17, 15) is 4.79 Å². The minimum Gasteiger partial charge on any atom is -0.497 e. The average Bonchev–Trinajstić information content (AvgIpc) is 2.37. The summed E-state index contributed by atoms with van der Waals surface area (Å²) in [5.74, 6) is 0.812. The van der Waals surface area contributed by atoms with Crippen molar-refractivity contribution in [2.45, 2.75) is 25.9 Å². The van der Waals surface area contributed by atoms with Crippen LogP contribution >= 0.6 is 0 Å². The van der Waals surface area contributed by atoms with Crippen LogP contribution in [-0.4, -0.2) is 26.1 Å². The number of nitrogens with one attached hydrogen (secondary N) is 2. The highest BCUT2D eigenvalue weighted by Gasteiger charge is 2.14. The van der Waals surface area contributed by atoms with Crippen molar-refractivity contribution in [3.8, 4) is 5.75 Å². The van der Waals surface area contributed by atoms with Crippen molar-refractivity contribution in [3.05, 3.63) is 29.8 Å². The van der Waals surface area contributed by atoms with Crippen molar-refractivity contribution < 1.29 is 9.53 Å². The Morgan fingerprint density at radius 3 is 2.29 bits per heavy atom. The molecule has 1 aromatic carbocycles. The third kappa shape index (κ3) is 3.75. The third-order valence-corrected chi connectivity index (χ3v) is 2.80. The van der Waals surface area contributed by atoms with Crippen LogP contribution in [0, 0.1) is 0 Å². The molecule has 0 spiro atoms. The number of likely N-dealkylation sites (N-methyl/N-ethyl adjacent to an activating group) is 1. The molecule has 0 saturated heterocycles. The van der Waals surface area contributed by atoms with Crippen LogP contribution in [0.2, 0.25) is 0 Å². The normalized spacial score (nSPS) is 13.9. The Bertz CT molecular complexity index is 362. The lowest BCUT2D eigenvalue weighted by Crippen LogP contribution is -2.41. The topological polar surface area (TPSA) is 50.4 Å². The van der Waals surface area contributed by atoms with E-state index in [2.05, 4.69) is 10.6 Å². The van der Waals surface area contributed by atoms with Crippen LogP contribution < -0.4 is 15.4 Å². The van der Waals surface area contributed by atoms with Crippen molar-refractivity contribution in [2.24, 2.45) is 0 Å². The second-order valence-electron chi connectivity index (χ2n) is 4.01. The Kier molecular flexibility index (Phi) is 4.97. The van der Waals surface area contributed by atoms with Gasteiger partial charge in [0.15, 0.2) is 0 Å². The van der Waals surface area contributed by atoms with Crippen LogP contribution in [-0.2, 0) is 4.79 Å². The first-order valence-electron chi connectivity index (χ1n) is 5.70. The van der Waals surface area contributed by atoms with E-state index in [1.54, 1.807) is 14.2 Å². The summed E-state index contributed by atoms with van der Waals surface area (Å²) in [6, 6.07) is 7.49. The molecule has 2 N–H and O–H groups in total. The molecule has 0 aliphatic heterocycles. The van der Waals surface area contributed by atoms with Gasteiger partial charge in [-0.3, -0.25) is 4.79 Å². The van der Waals surface area contributed by atoms with E-state index >= 15 is 0 Å². The van der Waals surface area contributed by atoms with Gasteiger partial charge in [0.2, 0.25) is 5.91 Å². The summed E-state index contributed by atoms with van der Waals surface area (Å²) in [5, 5.41) is 5.85. The minimum absolute atomic E-state index is 0.00387. The van der Waals surface area contributed by atoms with Crippen molar-refractivity contribution >= 4 is 5.91 Å². The zero-order valence-corrected chi connectivity index (χ0v) is 10.8. The SMILES string of the molecule is CN[C@@H](C)C(=O)N[C@H](C)c1ccc(OC)cc1. The van der Waals surface area contributed by atoms with Crippen LogP contribution in [0.3, 0.4) is 0 Å². The van der Waals surface area contributed by atoms with E-state index < -0.39 is 0 Å². The monoisotopic (exact) mass is 236 g/mol. The fraction of sp³-hybridized carbons (Fsp3) is 0.462. The largest absolute Gasteiger partial charge is 0.497 e. The molecular weight excluding hydrogens is 216 g/mol. The quantitative estimate of drug-likeness (QED) is 0.814. The summed E-state index contributed by atoms with van der Waals surface area (Å²) in [6.45, 7) is 3.79. The number of amides is 1. The number of carbonyl (C=O) groups excluding carboxylic acids is 1. The summed E-state index contributed by atoms with van der Waals surface area (Å²) >= 11 is 0. The van der Waals surface area contributed by atoms with E-state index in [4.69, 9.17) is 4.74 Å². The summed E-state index contributed by atoms with van der Waals surface area (Å²) in [4.78, 5) is 11.7. The van der Waals surface area contributed by atoms with Gasteiger partial charge >= 0.3 is 0 Å². The number of carbonyl (C=O) groups is 1. The van der Waals surface area contributed by atoms with Gasteiger partial charge in [0.05, 0.1) is 19.2 Å². The molecule has 0 bridgehead atoms. The lowest BCUT2D eigenvalue weighted by Gasteiger charge is -2.17. The van der Waals surface area contributed by atoms with Crippen LogP contribution in [0.5, 0.6) is 5.75 Å². The smallest absolute Gasteiger partial charge is 0.237 e. The van der Waals surface area contributed by atoms with Crippen molar-refractivity contribution in [1.29, 1.82) is 0 Å². The molecule has 17 heavy (non-hydrogen) atoms. The first kappa shape index (κ1) is 13.5. The molecule has 4 nitrogen and oxygen atoms in total. The molecule has 2 atom stereocenters. The van der Waals surface area contributed by atoms with E-state index in [0.29, 0.717) is 0 Å². The number of ether oxygens (including phenoxy) is 1. The van der Waals surface area contributed by atoms with Crippen molar-refractivity contribution in [3.63, 3.8) is 0 Å². The van der Waals surface area contributed by atoms with Gasteiger partial charge in [0.25, 0.3) is 0 Å². The number of benzene rings is 1. The molecule has 1 aromatic rings. The first-order chi connectivity index (χ1) is 8.08. The maximum atomic E-state index is 11.7. The van der Waals surface area contributed by atoms with Crippen molar-refractivity contribution in [2.75, 3.05) is 14.2 Å². The van der Waals surface area contributed by atoms with Gasteiger partial charge in [-0.1, -0.05) is 12.1 Å². The Balaban J connectivity index is 2.63. The lowest BCUT2D eigenvalue weighted by atomic mass is 10.1. The molecule has 1 amide bonds. The molecule has 0 radical (unpaired) electrons. The summed E-state index contributed by atoms with van der Waals surface area (Å²) in [5.41, 5.74) is 1.06. The molecule has 0 aromatic heterocycles. The van der Waals surface area contributed by atoms with Gasteiger partial charge in [0.1, 0.15) is 5.75 Å². The van der Waals surface area contributed by atoms with E-state index in [-0.39, 0.29) is 18.0 Å². The molecule has 0 saturated carbocycles. The van der Waals surface area contributed by atoms with Gasteiger partial charge in [-0.15, -0.1) is 0 Å². The fourth-order valence-electron chi connectivity index (χ4n) is 1.45. The highest BCUT2D eigenvalue weighted by atomic mass is 16.5. The minimum atomic E-state index is -0.185. The summed E-state index contributed by atoms with van der Waals surface area (Å²) in [7, 11) is 3.40. The van der Waals surface area contributed by atoms with Gasteiger partial charge in [0, 0.05) is 0 Å². The Labute approximate surface area is 102 Å². The van der Waals surface area contributed by atoms with Gasteiger partial charge in [-0.25, -0.2) is 0 Å². The van der Waals surface area contributed by atoms with Gasteiger partial charge in [-0.2, -0.15) is 0 Å². The molecule has 0 aliphatic carbocycles. The zero-order valence-electron chi connectivity index (χ0n) is 10.8. The van der Waals surface area contributed by atoms with Crippen LogP contribution in [0.1, 0.15) is 25.5 Å². The van der Waals surface area contributed by atoms with E-state index in [1.165, 1.54) is 0 Å². The van der Waals surface area contributed by atoms with Gasteiger partial charge < -0.3 is 15.4 Å². The molecule has 0 aliphatic rings. The fourth-order valence-corrected chi connectivity index (χ4v) is 1.45. The highest BCUT2D eigenvalue weighted by Crippen LogP contribution is 2.17. The number of rotatable bonds is 5. The van der Waals surface area contributed by atoms with Crippen LogP contribution in [0.4, 0.5) is 0 Å². The molecule has 94 valence electrons. The average molecular weight is 236 g/mol. The lowest BCUT2D eigenvalue weighted by molar-refractivity contribution is -0.123. The second-order valence-corrected chi connectivity index (χ2v) is 4.01. The Hall–Kier alpha value is -1.55.